The van der Waals surface area contributed by atoms with Gasteiger partial charge in [0.05, 0.1) is 0 Å². The van der Waals surface area contributed by atoms with Gasteiger partial charge in [-0.25, -0.2) is 0 Å². The zero-order chi connectivity index (χ0) is 45.0. The van der Waals surface area contributed by atoms with Gasteiger partial charge < -0.3 is 22.8 Å². The van der Waals surface area contributed by atoms with Gasteiger partial charge >= 0.3 is 288 Å². The first-order chi connectivity index (χ1) is 20.0. The molecule has 0 aliphatic rings. The quantitative estimate of drug-likeness (QED) is 0.0791. The molecular formula is H36Mg8O40S10. The summed E-state index contributed by atoms with van der Waals surface area (Å²) in [4.78, 5) is 0. The van der Waals surface area contributed by atoms with Gasteiger partial charge in [0.2, 0.25) is 0 Å². The molecule has 0 spiro atoms. The van der Waals surface area contributed by atoms with Crippen LogP contribution in [0.2, 0.25) is 0 Å². The van der Waals surface area contributed by atoms with E-state index >= 15 is 0 Å². The summed E-state index contributed by atoms with van der Waals surface area (Å²) in [5, 5.41) is 0. The second kappa shape index (κ2) is 54.4. The van der Waals surface area contributed by atoms with Gasteiger partial charge in [-0.2, -0.15) is 84.2 Å². The third-order valence-corrected chi connectivity index (χ3v) is 0. The fourth-order valence-electron chi connectivity index (χ4n) is 0. The molecule has 0 atom stereocenters. The molecule has 0 saturated carbocycles. The topological polar surface area (TPSA) is 746 Å². The first-order valence-electron chi connectivity index (χ1n) is 6.98. The minimum Gasteiger partial charge on any atom is -1.00 e. The predicted octanol–water partition coefficient (Wildman–Crippen LogP) is -7.77. The van der Waals surface area contributed by atoms with Gasteiger partial charge in [0.15, 0.2) is 0 Å². The fraction of sp³-hybridized carbons (Fsp3) is 0. The molecule has 0 aromatic carbocycles. The van der Waals surface area contributed by atoms with Crippen molar-refractivity contribution in [3.05, 3.63) is 0 Å². The van der Waals surface area contributed by atoms with E-state index in [4.69, 9.17) is 175 Å². The summed E-state index contributed by atoms with van der Waals surface area (Å²) in [5.74, 6) is 0. The first-order valence-corrected chi connectivity index (χ1v) is 21.0. The molecule has 58 heteroatoms. The number of rotatable bonds is 0. The van der Waals surface area contributed by atoms with Crippen LogP contribution in [0.1, 0.15) is 22.8 Å². The zero-order valence-electron chi connectivity index (χ0n) is 42.8. The number of hydrogen-bond donors (Lipinski definition) is 20. The van der Waals surface area contributed by atoms with E-state index in [0.717, 1.165) is 0 Å². The molecule has 0 bridgehead atoms. The van der Waals surface area contributed by atoms with Crippen LogP contribution in [0.25, 0.3) is 0 Å². The molecule has 0 amide bonds. The average molecular weight is 1190 g/mol. The van der Waals surface area contributed by atoms with Gasteiger partial charge in [-0.15, -0.1) is 0 Å². The van der Waals surface area contributed by atoms with E-state index in [1.165, 1.54) is 0 Å². The van der Waals surface area contributed by atoms with Crippen LogP contribution in [0.15, 0.2) is 0 Å². The Balaban J connectivity index is -0.00000000725. The number of hydrogen-bond acceptors (Lipinski definition) is 20. The SMILES string of the molecule is O=S(=O)(O)O.O=S(=O)(O)O.O=S(=O)(O)O.O=S(=O)(O)O.O=S(=O)(O)O.O=S(=O)(O)O.O=S(=O)(O)O.O=S(=O)(O)O.O=S(=O)(O)O.O=S(=O)(O)O.[H-].[H-].[H-].[H-].[H-].[H-].[H-].[H-].[H-].[H-].[H-].[H-].[H-].[H-].[H-].[H-].[Mg+2].[Mg+2].[Mg+2].[Mg+2].[Mg+2].[Mg+2].[Mg+2].[Mg+2]. The molecule has 0 aromatic rings. The van der Waals surface area contributed by atoms with Crippen molar-refractivity contribution in [1.29, 1.82) is 0 Å². The summed E-state index contributed by atoms with van der Waals surface area (Å²) >= 11 is 0. The maximum atomic E-state index is 8.74. The van der Waals surface area contributed by atoms with E-state index in [-0.39, 0.29) is 207 Å². The minimum atomic E-state index is -4.67. The van der Waals surface area contributed by atoms with E-state index in [9.17, 15) is 0 Å². The summed E-state index contributed by atoms with van der Waals surface area (Å²) in [6.07, 6.45) is 0. The maximum absolute atomic E-state index is 8.74. The van der Waals surface area contributed by atoms with Gasteiger partial charge in [-0.05, 0) is 0 Å². The van der Waals surface area contributed by atoms with Crippen LogP contribution in [-0.2, 0) is 104 Å². The van der Waals surface area contributed by atoms with Crippen molar-refractivity contribution in [1.82, 2.24) is 0 Å². The van der Waals surface area contributed by atoms with Crippen molar-refractivity contribution in [2.75, 3.05) is 0 Å². The van der Waals surface area contributed by atoms with Crippen molar-refractivity contribution >= 4 is 288 Å². The first kappa shape index (κ1) is 120. The fourth-order valence-corrected chi connectivity index (χ4v) is 0. The molecule has 352 valence electrons. The summed E-state index contributed by atoms with van der Waals surface area (Å²) in [7, 11) is -46.7. The van der Waals surface area contributed by atoms with Crippen molar-refractivity contribution in [3.63, 3.8) is 0 Å². The Morgan fingerprint density at radius 1 is 0.138 bits per heavy atom. The molecular weight excluding hydrogens is 1160 g/mol. The molecule has 0 rings (SSSR count). The average Bonchev–Trinajstić information content (AvgIpc) is 2.34. The van der Waals surface area contributed by atoms with Crippen LogP contribution in [0.3, 0.4) is 0 Å². The Labute approximate surface area is 480 Å². The molecule has 0 aliphatic heterocycles. The van der Waals surface area contributed by atoms with Crippen LogP contribution in [0, 0.1) is 0 Å². The second-order valence-corrected chi connectivity index (χ2v) is 13.4. The summed E-state index contributed by atoms with van der Waals surface area (Å²) in [5.41, 5.74) is 0. The van der Waals surface area contributed by atoms with E-state index < -0.39 is 104 Å². The van der Waals surface area contributed by atoms with E-state index in [1.54, 1.807) is 0 Å². The third kappa shape index (κ3) is 9330. The van der Waals surface area contributed by atoms with Crippen molar-refractivity contribution in [3.8, 4) is 0 Å². The van der Waals surface area contributed by atoms with Crippen molar-refractivity contribution < 1.29 is 198 Å². The predicted molar refractivity (Wildman–Crippen MR) is 206 cm³/mol. The van der Waals surface area contributed by atoms with Crippen LogP contribution < -0.4 is 0 Å². The van der Waals surface area contributed by atoms with Crippen LogP contribution in [-0.4, -0.2) is 360 Å². The molecule has 0 aliphatic carbocycles. The zero-order valence-corrected chi connectivity index (χ0v) is 46.3. The summed E-state index contributed by atoms with van der Waals surface area (Å²) in [6.45, 7) is 0. The standard InChI is InChI=1S/8Mg.10H2O4S.16H/c;;;;;;;;10*1-5(2,3)4;;;;;;;;;;;;;;;;/h;;;;;;;;10*(H2,1,2,3,4);;;;;;;;;;;;;;;;/q8*+2;;;;;;;;;;;16*-1. The normalized spacial score (nSPS) is 10.0. The smallest absolute Gasteiger partial charge is 1.00 e. The van der Waals surface area contributed by atoms with Crippen LogP contribution >= 0.6 is 0 Å². The maximum Gasteiger partial charge on any atom is 2.00 e. The third-order valence-electron chi connectivity index (χ3n) is 0. The van der Waals surface area contributed by atoms with Gasteiger partial charge in [0.25, 0.3) is 0 Å². The minimum absolute atomic E-state index is 0. The molecule has 40 nitrogen and oxygen atoms in total. The molecule has 20 N–H and O–H groups in total. The van der Waals surface area contributed by atoms with E-state index in [2.05, 4.69) is 0 Å². The Morgan fingerprint density at radius 2 is 0.138 bits per heavy atom. The Hall–Kier alpha value is 4.83. The Bertz CT molecular complexity index is 1460. The van der Waals surface area contributed by atoms with Gasteiger partial charge in [0, 0.05) is 0 Å². The second-order valence-electron chi connectivity index (χ2n) is 4.48. The van der Waals surface area contributed by atoms with Crippen molar-refractivity contribution in [2.45, 2.75) is 0 Å². The largest absolute Gasteiger partial charge is 2.00 e. The van der Waals surface area contributed by atoms with Gasteiger partial charge in [0.1, 0.15) is 0 Å². The van der Waals surface area contributed by atoms with Crippen molar-refractivity contribution in [2.24, 2.45) is 0 Å². The monoisotopic (exact) mass is 1190 g/mol. The molecule has 0 unspecified atom stereocenters. The molecule has 0 fully saturated rings. The van der Waals surface area contributed by atoms with Gasteiger partial charge in [-0.1, -0.05) is 0 Å². The summed E-state index contributed by atoms with van der Waals surface area (Å²) < 4.78 is 316. The van der Waals surface area contributed by atoms with E-state index in [1.807, 2.05) is 0 Å². The van der Waals surface area contributed by atoms with Gasteiger partial charge in [-0.3, -0.25) is 91.1 Å². The van der Waals surface area contributed by atoms with Crippen LogP contribution in [0.5, 0.6) is 0 Å². The van der Waals surface area contributed by atoms with Crippen LogP contribution in [0.4, 0.5) is 0 Å². The molecule has 0 saturated heterocycles. The van der Waals surface area contributed by atoms with E-state index in [0.29, 0.717) is 0 Å². The Kier molecular flexibility index (Phi) is 112. The Morgan fingerprint density at radius 3 is 0.138 bits per heavy atom. The molecule has 58 heavy (non-hydrogen) atoms. The summed E-state index contributed by atoms with van der Waals surface area (Å²) in [6, 6.07) is 0. The molecule has 0 heterocycles. The molecule has 0 radical (unpaired) electrons. The molecule has 0 aromatic heterocycles.